The second-order valence-corrected chi connectivity index (χ2v) is 6.62. The van der Waals surface area contributed by atoms with E-state index in [2.05, 4.69) is 11.2 Å². The summed E-state index contributed by atoms with van der Waals surface area (Å²) in [5.41, 5.74) is 7.18. The zero-order valence-electron chi connectivity index (χ0n) is 12.9. The van der Waals surface area contributed by atoms with E-state index in [1.165, 1.54) is 0 Å². The molecule has 3 rings (SSSR count). The molecule has 6 heteroatoms. The highest BCUT2D eigenvalue weighted by molar-refractivity contribution is 5.99. The molecule has 1 aromatic rings. The number of rotatable bonds is 1. The van der Waals surface area contributed by atoms with Gasteiger partial charge in [0.05, 0.1) is 11.6 Å². The molecule has 2 heterocycles. The SMILES string of the molecule is Cn1ccc(C2C(C#N)=C(N)OC3=C2C(=O)CC(C)(C)C3)n1. The van der Waals surface area contributed by atoms with Crippen LogP contribution >= 0.6 is 0 Å². The maximum Gasteiger partial charge on any atom is 0.205 e. The number of carbonyl (C=O) groups is 1. The van der Waals surface area contributed by atoms with Crippen LogP contribution in [0.25, 0.3) is 0 Å². The van der Waals surface area contributed by atoms with Gasteiger partial charge in [-0.2, -0.15) is 10.4 Å². The van der Waals surface area contributed by atoms with Gasteiger partial charge in [0.25, 0.3) is 0 Å². The number of nitriles is 1. The maximum atomic E-state index is 12.7. The number of allylic oxidation sites excluding steroid dienone is 3. The summed E-state index contributed by atoms with van der Waals surface area (Å²) < 4.78 is 7.26. The van der Waals surface area contributed by atoms with E-state index < -0.39 is 5.92 Å². The molecule has 0 radical (unpaired) electrons. The number of hydrogen-bond donors (Lipinski definition) is 1. The van der Waals surface area contributed by atoms with Gasteiger partial charge >= 0.3 is 0 Å². The summed E-state index contributed by atoms with van der Waals surface area (Å²) in [6.07, 6.45) is 2.83. The molecule has 0 saturated carbocycles. The van der Waals surface area contributed by atoms with E-state index in [1.807, 2.05) is 13.8 Å². The van der Waals surface area contributed by atoms with Gasteiger partial charge in [0.1, 0.15) is 17.4 Å². The lowest BCUT2D eigenvalue weighted by molar-refractivity contribution is -0.119. The van der Waals surface area contributed by atoms with Crippen LogP contribution in [-0.4, -0.2) is 15.6 Å². The number of nitrogens with zero attached hydrogens (tertiary/aromatic N) is 3. The lowest BCUT2D eigenvalue weighted by Crippen LogP contribution is -2.33. The summed E-state index contributed by atoms with van der Waals surface area (Å²) in [4.78, 5) is 12.7. The van der Waals surface area contributed by atoms with Crippen LogP contribution in [0.15, 0.2) is 35.1 Å². The molecule has 0 aromatic carbocycles. The lowest BCUT2D eigenvalue weighted by Gasteiger charge is -2.36. The first-order valence-corrected chi connectivity index (χ1v) is 7.16. The standard InChI is InChI=1S/C16H18N4O2/c1-16(2)6-11(21)14-12(7-16)22-15(18)9(8-17)13(14)10-4-5-20(3)19-10/h4-5,13H,6-7,18H2,1-3H3. The maximum absolute atomic E-state index is 12.7. The molecule has 0 bridgehead atoms. The van der Waals surface area contributed by atoms with Gasteiger partial charge in [-0.05, 0) is 11.5 Å². The zero-order valence-corrected chi connectivity index (χ0v) is 12.9. The average molecular weight is 298 g/mol. The molecule has 2 aliphatic rings. The number of carbonyl (C=O) groups excluding carboxylic acids is 1. The Bertz CT molecular complexity index is 761. The second kappa shape index (κ2) is 4.73. The van der Waals surface area contributed by atoms with Crippen LogP contribution in [0.3, 0.4) is 0 Å². The van der Waals surface area contributed by atoms with E-state index in [0.29, 0.717) is 29.9 Å². The zero-order chi connectivity index (χ0) is 16.1. The fraction of sp³-hybridized carbons (Fsp3) is 0.438. The quantitative estimate of drug-likeness (QED) is 0.854. The minimum atomic E-state index is -0.529. The molecule has 1 aromatic heterocycles. The lowest BCUT2D eigenvalue weighted by atomic mass is 9.71. The largest absolute Gasteiger partial charge is 0.444 e. The van der Waals surface area contributed by atoms with Crippen molar-refractivity contribution < 1.29 is 9.53 Å². The first kappa shape index (κ1) is 14.4. The van der Waals surface area contributed by atoms with Gasteiger partial charge in [-0.3, -0.25) is 9.48 Å². The van der Waals surface area contributed by atoms with Crippen LogP contribution in [-0.2, 0) is 16.6 Å². The van der Waals surface area contributed by atoms with Gasteiger partial charge in [-0.1, -0.05) is 13.8 Å². The molecule has 0 saturated heterocycles. The molecule has 2 N–H and O–H groups in total. The molecular formula is C16H18N4O2. The monoisotopic (exact) mass is 298 g/mol. The fourth-order valence-corrected chi connectivity index (χ4v) is 3.17. The molecule has 1 aliphatic carbocycles. The van der Waals surface area contributed by atoms with Crippen molar-refractivity contribution >= 4 is 5.78 Å². The number of nitrogens with two attached hydrogens (primary N) is 1. The number of ether oxygens (including phenoxy) is 1. The Morgan fingerprint density at radius 2 is 2.23 bits per heavy atom. The fourth-order valence-electron chi connectivity index (χ4n) is 3.17. The Morgan fingerprint density at radius 1 is 1.50 bits per heavy atom. The summed E-state index contributed by atoms with van der Waals surface area (Å²) in [6.45, 7) is 4.04. The van der Waals surface area contributed by atoms with E-state index >= 15 is 0 Å². The Labute approximate surface area is 128 Å². The van der Waals surface area contributed by atoms with E-state index in [-0.39, 0.29) is 22.7 Å². The molecular weight excluding hydrogens is 280 g/mol. The first-order chi connectivity index (χ1) is 10.3. The highest BCUT2D eigenvalue weighted by Crippen LogP contribution is 2.47. The number of hydrogen-bond acceptors (Lipinski definition) is 5. The number of Topliss-reactive ketones (excluding diaryl/α,β-unsaturated/α-hetero) is 1. The van der Waals surface area contributed by atoms with Crippen LogP contribution in [0.1, 0.15) is 38.3 Å². The van der Waals surface area contributed by atoms with Gasteiger partial charge in [0.15, 0.2) is 5.78 Å². The van der Waals surface area contributed by atoms with Crippen molar-refractivity contribution in [1.82, 2.24) is 9.78 Å². The first-order valence-electron chi connectivity index (χ1n) is 7.16. The van der Waals surface area contributed by atoms with Crippen LogP contribution < -0.4 is 5.73 Å². The van der Waals surface area contributed by atoms with Crippen molar-refractivity contribution in [3.05, 3.63) is 40.7 Å². The second-order valence-electron chi connectivity index (χ2n) is 6.62. The Kier molecular flexibility index (Phi) is 3.10. The molecule has 1 aliphatic heterocycles. The topological polar surface area (TPSA) is 93.9 Å². The third kappa shape index (κ3) is 2.19. The average Bonchev–Trinajstić information content (AvgIpc) is 2.82. The highest BCUT2D eigenvalue weighted by Gasteiger charge is 2.43. The van der Waals surface area contributed by atoms with Crippen LogP contribution in [0.2, 0.25) is 0 Å². The predicted molar refractivity (Wildman–Crippen MR) is 78.9 cm³/mol. The van der Waals surface area contributed by atoms with Crippen molar-refractivity contribution in [2.24, 2.45) is 18.2 Å². The van der Waals surface area contributed by atoms with Gasteiger partial charge < -0.3 is 10.5 Å². The Hall–Kier alpha value is -2.55. The van der Waals surface area contributed by atoms with Crippen LogP contribution in [0.4, 0.5) is 0 Å². The van der Waals surface area contributed by atoms with Gasteiger partial charge in [0, 0.05) is 31.7 Å². The van der Waals surface area contributed by atoms with Crippen LogP contribution in [0.5, 0.6) is 0 Å². The summed E-state index contributed by atoms with van der Waals surface area (Å²) in [6, 6.07) is 3.88. The highest BCUT2D eigenvalue weighted by atomic mass is 16.5. The van der Waals surface area contributed by atoms with E-state index in [1.54, 1.807) is 24.0 Å². The van der Waals surface area contributed by atoms with E-state index in [4.69, 9.17) is 10.5 Å². The minimum Gasteiger partial charge on any atom is -0.444 e. The summed E-state index contributed by atoms with van der Waals surface area (Å²) >= 11 is 0. The molecule has 114 valence electrons. The van der Waals surface area contributed by atoms with Crippen molar-refractivity contribution in [1.29, 1.82) is 5.26 Å². The van der Waals surface area contributed by atoms with Crippen molar-refractivity contribution in [2.45, 2.75) is 32.6 Å². The minimum absolute atomic E-state index is 0.00199. The van der Waals surface area contributed by atoms with Crippen molar-refractivity contribution in [2.75, 3.05) is 0 Å². The predicted octanol–water partition coefficient (Wildman–Crippen LogP) is 1.87. The molecule has 22 heavy (non-hydrogen) atoms. The molecule has 1 unspecified atom stereocenters. The number of aromatic nitrogens is 2. The molecule has 0 amide bonds. The summed E-state index contributed by atoms with van der Waals surface area (Å²) in [5, 5.41) is 13.8. The van der Waals surface area contributed by atoms with Crippen molar-refractivity contribution in [3.63, 3.8) is 0 Å². The number of ketones is 1. The summed E-state index contributed by atoms with van der Waals surface area (Å²) in [7, 11) is 1.79. The third-order valence-electron chi connectivity index (χ3n) is 4.11. The smallest absolute Gasteiger partial charge is 0.205 e. The van der Waals surface area contributed by atoms with Gasteiger partial charge in [-0.15, -0.1) is 0 Å². The number of aryl methyl sites for hydroxylation is 1. The van der Waals surface area contributed by atoms with Gasteiger partial charge in [-0.25, -0.2) is 0 Å². The van der Waals surface area contributed by atoms with Gasteiger partial charge in [0.2, 0.25) is 5.88 Å². The Morgan fingerprint density at radius 3 is 2.82 bits per heavy atom. The molecule has 0 spiro atoms. The normalized spacial score (nSPS) is 23.9. The summed E-state index contributed by atoms with van der Waals surface area (Å²) in [5.74, 6) is 0.122. The Balaban J connectivity index is 2.17. The molecule has 1 atom stereocenters. The van der Waals surface area contributed by atoms with Crippen LogP contribution in [0, 0.1) is 16.7 Å². The molecule has 0 fully saturated rings. The van der Waals surface area contributed by atoms with E-state index in [9.17, 15) is 10.1 Å². The molecule has 6 nitrogen and oxygen atoms in total. The van der Waals surface area contributed by atoms with E-state index in [0.717, 1.165) is 0 Å². The third-order valence-corrected chi connectivity index (χ3v) is 4.11. The van der Waals surface area contributed by atoms with Crippen molar-refractivity contribution in [3.8, 4) is 6.07 Å².